The highest BCUT2D eigenvalue weighted by Gasteiger charge is 2.34. The molecule has 1 aliphatic carbocycles. The molecule has 0 heterocycles. The van der Waals surface area contributed by atoms with Crippen LogP contribution in [0.1, 0.15) is 25.0 Å². The molecule has 0 saturated heterocycles. The number of fused-ring (bicyclic) bond motifs is 3. The van der Waals surface area contributed by atoms with E-state index in [0.717, 1.165) is 0 Å². The molecular weight excluding hydrogens is 565 g/mol. The van der Waals surface area contributed by atoms with Crippen LogP contribution in [0.25, 0.3) is 87.2 Å². The summed E-state index contributed by atoms with van der Waals surface area (Å²) >= 11 is 0. The first-order valence-electron chi connectivity index (χ1n) is 16.6. The van der Waals surface area contributed by atoms with Crippen LogP contribution in [0.4, 0.5) is 0 Å². The third-order valence-corrected chi connectivity index (χ3v) is 10.8. The molecule has 0 unspecified atom stereocenters. The standard InChI is InChI=1S/C47H32/c1-47(2)41-22-10-14-32-28-40(39-21-11-23-42(47)46(39)44(32)41)45-37-18-7-5-16-35(37)43(36-17-6-8-19-38(36)45)31-26-24-30(25-27-31)34-20-9-13-29-12-3-4-15-33(29)34/h3-28H,1-2H3. The first kappa shape index (κ1) is 26.5. The number of hydrogen-bond acceptors (Lipinski definition) is 0. The van der Waals surface area contributed by atoms with Crippen LogP contribution in [0, 0.1) is 0 Å². The second-order valence-electron chi connectivity index (χ2n) is 13.6. The topological polar surface area (TPSA) is 0 Å². The molecule has 0 spiro atoms. The smallest absolute Gasteiger partial charge is 0.0159 e. The maximum atomic E-state index is 2.46. The van der Waals surface area contributed by atoms with Gasteiger partial charge in [0.05, 0.1) is 0 Å². The fraction of sp³-hybridized carbons (Fsp3) is 0.0638. The van der Waals surface area contributed by atoms with Crippen LogP contribution < -0.4 is 0 Å². The number of rotatable bonds is 3. The summed E-state index contributed by atoms with van der Waals surface area (Å²) < 4.78 is 0. The molecule has 0 radical (unpaired) electrons. The van der Waals surface area contributed by atoms with Crippen LogP contribution in [0.5, 0.6) is 0 Å². The van der Waals surface area contributed by atoms with Gasteiger partial charge in [-0.2, -0.15) is 0 Å². The minimum Gasteiger partial charge on any atom is -0.0616 e. The maximum absolute atomic E-state index is 2.46. The number of hydrogen-bond donors (Lipinski definition) is 0. The summed E-state index contributed by atoms with van der Waals surface area (Å²) in [5.41, 5.74) is 10.5. The summed E-state index contributed by atoms with van der Waals surface area (Å²) in [6.07, 6.45) is 0. The van der Waals surface area contributed by atoms with Crippen molar-refractivity contribution >= 4 is 53.9 Å². The third-order valence-electron chi connectivity index (χ3n) is 10.8. The normalized spacial score (nSPS) is 13.5. The maximum Gasteiger partial charge on any atom is 0.0159 e. The van der Waals surface area contributed by atoms with Gasteiger partial charge in [-0.25, -0.2) is 0 Å². The number of benzene rings is 9. The molecule has 220 valence electrons. The van der Waals surface area contributed by atoms with Crippen molar-refractivity contribution in [3.05, 3.63) is 169 Å². The molecule has 0 heteroatoms. The first-order chi connectivity index (χ1) is 23.1. The highest BCUT2D eigenvalue weighted by Crippen LogP contribution is 2.53. The van der Waals surface area contributed by atoms with E-state index in [-0.39, 0.29) is 5.41 Å². The van der Waals surface area contributed by atoms with Crippen molar-refractivity contribution in [3.8, 4) is 33.4 Å². The van der Waals surface area contributed by atoms with Crippen molar-refractivity contribution in [1.29, 1.82) is 0 Å². The monoisotopic (exact) mass is 596 g/mol. The molecule has 0 atom stereocenters. The van der Waals surface area contributed by atoms with Gasteiger partial charge in [-0.1, -0.05) is 166 Å². The Hall–Kier alpha value is -5.72. The Balaban J connectivity index is 1.25. The molecular formula is C47H32. The Morgan fingerprint density at radius 2 is 0.830 bits per heavy atom. The van der Waals surface area contributed by atoms with E-state index in [4.69, 9.17) is 0 Å². The summed E-state index contributed by atoms with van der Waals surface area (Å²) in [7, 11) is 0. The van der Waals surface area contributed by atoms with Crippen LogP contribution in [0.15, 0.2) is 158 Å². The van der Waals surface area contributed by atoms with Crippen LogP contribution >= 0.6 is 0 Å². The zero-order valence-corrected chi connectivity index (χ0v) is 26.5. The Morgan fingerprint density at radius 1 is 0.340 bits per heavy atom. The molecule has 0 aromatic heterocycles. The Morgan fingerprint density at radius 3 is 1.53 bits per heavy atom. The average Bonchev–Trinajstić information content (AvgIpc) is 3.36. The molecule has 0 N–H and O–H groups in total. The SMILES string of the molecule is CC1(C)c2cccc3cc(-c4c5ccccc5c(-c5ccc(-c6cccc7ccccc67)cc5)c5ccccc45)c4cccc1c4c23. The van der Waals surface area contributed by atoms with Crippen LogP contribution in [-0.2, 0) is 5.41 Å². The van der Waals surface area contributed by atoms with Gasteiger partial charge in [0, 0.05) is 5.41 Å². The predicted molar refractivity (Wildman–Crippen MR) is 202 cm³/mol. The molecule has 0 aliphatic heterocycles. The lowest BCUT2D eigenvalue weighted by atomic mass is 9.81. The first-order valence-corrected chi connectivity index (χ1v) is 16.6. The van der Waals surface area contributed by atoms with Crippen molar-refractivity contribution in [2.24, 2.45) is 0 Å². The van der Waals surface area contributed by atoms with E-state index in [9.17, 15) is 0 Å². The van der Waals surface area contributed by atoms with Gasteiger partial charge < -0.3 is 0 Å². The van der Waals surface area contributed by atoms with Crippen molar-refractivity contribution < 1.29 is 0 Å². The fourth-order valence-corrected chi connectivity index (χ4v) is 8.67. The summed E-state index contributed by atoms with van der Waals surface area (Å²) in [4.78, 5) is 0. The van der Waals surface area contributed by atoms with Gasteiger partial charge in [0.15, 0.2) is 0 Å². The quantitative estimate of drug-likeness (QED) is 0.141. The van der Waals surface area contributed by atoms with E-state index in [1.54, 1.807) is 0 Å². The molecule has 0 saturated carbocycles. The molecule has 0 bridgehead atoms. The van der Waals surface area contributed by atoms with E-state index in [0.29, 0.717) is 0 Å². The van der Waals surface area contributed by atoms with Gasteiger partial charge in [-0.15, -0.1) is 0 Å². The molecule has 9 aromatic rings. The van der Waals surface area contributed by atoms with Gasteiger partial charge in [0.25, 0.3) is 0 Å². The largest absolute Gasteiger partial charge is 0.0616 e. The molecule has 1 aliphatic rings. The summed E-state index contributed by atoms with van der Waals surface area (Å²) in [5.74, 6) is 0. The second kappa shape index (κ2) is 9.64. The van der Waals surface area contributed by atoms with Crippen molar-refractivity contribution in [1.82, 2.24) is 0 Å². The second-order valence-corrected chi connectivity index (χ2v) is 13.6. The molecule has 9 aromatic carbocycles. The van der Waals surface area contributed by atoms with Gasteiger partial charge in [0.2, 0.25) is 0 Å². The van der Waals surface area contributed by atoms with Gasteiger partial charge in [-0.3, -0.25) is 0 Å². The Bertz CT molecular complexity index is 2680. The summed E-state index contributed by atoms with van der Waals surface area (Å²) in [6, 6.07) is 58.8. The Labute approximate surface area is 274 Å². The zero-order valence-electron chi connectivity index (χ0n) is 26.5. The van der Waals surface area contributed by atoms with Gasteiger partial charge in [0.1, 0.15) is 0 Å². The molecule has 10 rings (SSSR count). The van der Waals surface area contributed by atoms with E-state index in [2.05, 4.69) is 172 Å². The average molecular weight is 597 g/mol. The lowest BCUT2D eigenvalue weighted by Gasteiger charge is -2.21. The van der Waals surface area contributed by atoms with Crippen LogP contribution in [0.2, 0.25) is 0 Å². The molecule has 0 nitrogen and oxygen atoms in total. The van der Waals surface area contributed by atoms with Gasteiger partial charge >= 0.3 is 0 Å². The van der Waals surface area contributed by atoms with Crippen molar-refractivity contribution in [2.45, 2.75) is 19.3 Å². The lowest BCUT2D eigenvalue weighted by Crippen LogP contribution is -2.14. The summed E-state index contributed by atoms with van der Waals surface area (Å²) in [5, 5.41) is 13.2. The van der Waals surface area contributed by atoms with E-state index in [1.807, 2.05) is 0 Å². The lowest BCUT2D eigenvalue weighted by molar-refractivity contribution is 0.663. The molecule has 0 amide bonds. The fourth-order valence-electron chi connectivity index (χ4n) is 8.67. The molecule has 47 heavy (non-hydrogen) atoms. The van der Waals surface area contributed by atoms with E-state index < -0.39 is 0 Å². The summed E-state index contributed by atoms with van der Waals surface area (Å²) in [6.45, 7) is 4.75. The minimum atomic E-state index is -0.0217. The van der Waals surface area contributed by atoms with Crippen molar-refractivity contribution in [3.63, 3.8) is 0 Å². The van der Waals surface area contributed by atoms with Gasteiger partial charge in [-0.05, 0) is 104 Å². The van der Waals surface area contributed by atoms with Crippen molar-refractivity contribution in [2.75, 3.05) is 0 Å². The minimum absolute atomic E-state index is 0.0217. The van der Waals surface area contributed by atoms with Crippen LogP contribution in [-0.4, -0.2) is 0 Å². The highest BCUT2D eigenvalue weighted by molar-refractivity contribution is 6.27. The van der Waals surface area contributed by atoms with E-state index >= 15 is 0 Å². The van der Waals surface area contributed by atoms with Crippen LogP contribution in [0.3, 0.4) is 0 Å². The van der Waals surface area contributed by atoms with E-state index in [1.165, 1.54) is 98.4 Å². The highest BCUT2D eigenvalue weighted by atomic mass is 14.4. The zero-order chi connectivity index (χ0) is 31.3. The third kappa shape index (κ3) is 3.64. The molecule has 0 fully saturated rings. The predicted octanol–water partition coefficient (Wildman–Crippen LogP) is 13.1. The Kier molecular flexibility index (Phi) is 5.44.